The fraction of sp³-hybridized carbons (Fsp3) is 0.133. The third-order valence-electron chi connectivity index (χ3n) is 2.99. The lowest BCUT2D eigenvalue weighted by Gasteiger charge is -2.08. The quantitative estimate of drug-likeness (QED) is 0.685. The molecule has 0 aliphatic heterocycles. The summed E-state index contributed by atoms with van der Waals surface area (Å²) in [5.41, 5.74) is 1.07. The minimum absolute atomic E-state index is 0.0469. The van der Waals surface area contributed by atoms with Crippen molar-refractivity contribution in [1.29, 1.82) is 0 Å². The number of aromatic hydroxyl groups is 3. The summed E-state index contributed by atoms with van der Waals surface area (Å²) in [7, 11) is 0. The van der Waals surface area contributed by atoms with Crippen molar-refractivity contribution in [3.63, 3.8) is 0 Å². The number of phenolic OH excluding ortho intramolecular Hbond substituents is 2. The van der Waals surface area contributed by atoms with E-state index in [-0.39, 0.29) is 22.8 Å². The Morgan fingerprint density at radius 3 is 2.20 bits per heavy atom. The Balaban J connectivity index is 2.23. The Morgan fingerprint density at radius 1 is 0.950 bits per heavy atom. The maximum Gasteiger partial charge on any atom is 0.339 e. The topological polar surface area (TPSA) is 98.0 Å². The molecule has 0 saturated carbocycles. The van der Waals surface area contributed by atoms with Gasteiger partial charge in [0.15, 0.2) is 0 Å². The molecule has 0 heterocycles. The minimum Gasteiger partial charge on any atom is -0.508 e. The molecule has 0 unspecified atom stereocenters. The molecule has 0 atom stereocenters. The average molecular weight is 274 g/mol. The molecule has 0 aliphatic carbocycles. The van der Waals surface area contributed by atoms with Crippen LogP contribution in [-0.4, -0.2) is 26.4 Å². The first-order chi connectivity index (χ1) is 9.47. The van der Waals surface area contributed by atoms with Gasteiger partial charge in [-0.25, -0.2) is 4.79 Å². The van der Waals surface area contributed by atoms with Crippen LogP contribution in [0.15, 0.2) is 36.4 Å². The predicted octanol–water partition coefficient (Wildman–Crippen LogP) is 2.29. The third-order valence-corrected chi connectivity index (χ3v) is 2.99. The molecule has 5 heteroatoms. The molecule has 20 heavy (non-hydrogen) atoms. The van der Waals surface area contributed by atoms with Gasteiger partial charge in [-0.2, -0.15) is 0 Å². The van der Waals surface area contributed by atoms with Crippen molar-refractivity contribution in [2.75, 3.05) is 0 Å². The Morgan fingerprint density at radius 2 is 1.60 bits per heavy atom. The maximum absolute atomic E-state index is 11.1. The lowest BCUT2D eigenvalue weighted by atomic mass is 9.99. The van der Waals surface area contributed by atoms with E-state index in [0.717, 1.165) is 0 Å². The van der Waals surface area contributed by atoms with Crippen LogP contribution in [0.4, 0.5) is 0 Å². The van der Waals surface area contributed by atoms with E-state index in [0.29, 0.717) is 24.0 Å². The average Bonchev–Trinajstić information content (AvgIpc) is 2.34. The van der Waals surface area contributed by atoms with Crippen LogP contribution < -0.4 is 0 Å². The van der Waals surface area contributed by atoms with Crippen molar-refractivity contribution >= 4 is 5.97 Å². The highest BCUT2D eigenvalue weighted by Crippen LogP contribution is 2.25. The first-order valence-corrected chi connectivity index (χ1v) is 6.03. The van der Waals surface area contributed by atoms with Crippen LogP contribution >= 0.6 is 0 Å². The lowest BCUT2D eigenvalue weighted by molar-refractivity contribution is 0.0692. The van der Waals surface area contributed by atoms with Gasteiger partial charge in [0, 0.05) is 6.07 Å². The summed E-state index contributed by atoms with van der Waals surface area (Å²) in [5, 5.41) is 37.4. The number of carboxylic acid groups (broad SMARTS) is 1. The zero-order chi connectivity index (χ0) is 14.7. The minimum atomic E-state index is -1.18. The van der Waals surface area contributed by atoms with E-state index in [1.807, 2.05) is 0 Å². The van der Waals surface area contributed by atoms with Crippen LogP contribution in [0.2, 0.25) is 0 Å². The summed E-state index contributed by atoms with van der Waals surface area (Å²) in [5.74, 6) is -1.55. The van der Waals surface area contributed by atoms with E-state index >= 15 is 0 Å². The number of aryl methyl sites for hydroxylation is 2. The number of carboxylic acids is 1. The molecule has 0 bridgehead atoms. The fourth-order valence-corrected chi connectivity index (χ4v) is 2.12. The van der Waals surface area contributed by atoms with Crippen LogP contribution in [0.1, 0.15) is 21.5 Å². The number of benzene rings is 2. The van der Waals surface area contributed by atoms with Crippen molar-refractivity contribution in [1.82, 2.24) is 0 Å². The molecule has 4 N–H and O–H groups in total. The highest BCUT2D eigenvalue weighted by Gasteiger charge is 2.14. The molecule has 0 amide bonds. The van der Waals surface area contributed by atoms with Gasteiger partial charge in [-0.3, -0.25) is 0 Å². The van der Waals surface area contributed by atoms with Crippen LogP contribution in [0, 0.1) is 0 Å². The molecule has 0 aliphatic rings. The fourth-order valence-electron chi connectivity index (χ4n) is 2.12. The number of hydrogen-bond acceptors (Lipinski definition) is 4. The summed E-state index contributed by atoms with van der Waals surface area (Å²) in [4.78, 5) is 11.1. The molecule has 2 rings (SSSR count). The summed E-state index contributed by atoms with van der Waals surface area (Å²) in [6.45, 7) is 0. The number of aromatic carboxylic acids is 1. The zero-order valence-corrected chi connectivity index (χ0v) is 10.6. The van der Waals surface area contributed by atoms with Gasteiger partial charge in [-0.05, 0) is 42.2 Å². The van der Waals surface area contributed by atoms with Crippen molar-refractivity contribution in [2.24, 2.45) is 0 Å². The SMILES string of the molecule is O=C(O)c1c(O)cccc1CCc1cc(O)cc(O)c1. The van der Waals surface area contributed by atoms with Gasteiger partial charge >= 0.3 is 5.97 Å². The number of rotatable bonds is 4. The normalized spacial score (nSPS) is 10.4. The van der Waals surface area contributed by atoms with Gasteiger partial charge in [-0.15, -0.1) is 0 Å². The number of phenols is 3. The predicted molar refractivity (Wildman–Crippen MR) is 72.2 cm³/mol. The second kappa shape index (κ2) is 5.52. The molecule has 5 nitrogen and oxygen atoms in total. The van der Waals surface area contributed by atoms with Crippen molar-refractivity contribution in [3.05, 3.63) is 53.1 Å². The summed E-state index contributed by atoms with van der Waals surface area (Å²) in [6.07, 6.45) is 0.810. The molecule has 2 aromatic rings. The number of carbonyl (C=O) groups is 1. The van der Waals surface area contributed by atoms with E-state index in [2.05, 4.69) is 0 Å². The van der Waals surface area contributed by atoms with Gasteiger partial charge in [0.25, 0.3) is 0 Å². The summed E-state index contributed by atoms with van der Waals surface area (Å²) in [6, 6.07) is 8.77. The summed E-state index contributed by atoms with van der Waals surface area (Å²) < 4.78 is 0. The molecule has 0 aromatic heterocycles. The number of hydrogen-bond donors (Lipinski definition) is 4. The third kappa shape index (κ3) is 3.00. The zero-order valence-electron chi connectivity index (χ0n) is 10.6. The Bertz CT molecular complexity index is 628. The molecule has 104 valence electrons. The smallest absolute Gasteiger partial charge is 0.339 e. The Hall–Kier alpha value is -2.69. The van der Waals surface area contributed by atoms with Gasteiger partial charge in [-0.1, -0.05) is 12.1 Å². The first kappa shape index (κ1) is 13.7. The largest absolute Gasteiger partial charge is 0.508 e. The van der Waals surface area contributed by atoms with Crippen molar-refractivity contribution < 1.29 is 25.2 Å². The molecule has 2 aromatic carbocycles. The van der Waals surface area contributed by atoms with Crippen LogP contribution in [-0.2, 0) is 12.8 Å². The molecular weight excluding hydrogens is 260 g/mol. The van der Waals surface area contributed by atoms with Gasteiger partial charge in [0.2, 0.25) is 0 Å². The highest BCUT2D eigenvalue weighted by atomic mass is 16.4. The van der Waals surface area contributed by atoms with Crippen molar-refractivity contribution in [2.45, 2.75) is 12.8 Å². The molecule has 0 spiro atoms. The van der Waals surface area contributed by atoms with E-state index in [1.165, 1.54) is 24.3 Å². The van der Waals surface area contributed by atoms with Gasteiger partial charge < -0.3 is 20.4 Å². The summed E-state index contributed by atoms with van der Waals surface area (Å²) >= 11 is 0. The molecule has 0 fully saturated rings. The second-order valence-electron chi connectivity index (χ2n) is 4.47. The van der Waals surface area contributed by atoms with Crippen LogP contribution in [0.3, 0.4) is 0 Å². The Kier molecular flexibility index (Phi) is 3.79. The monoisotopic (exact) mass is 274 g/mol. The van der Waals surface area contributed by atoms with E-state index in [1.54, 1.807) is 12.1 Å². The van der Waals surface area contributed by atoms with Crippen LogP contribution in [0.25, 0.3) is 0 Å². The first-order valence-electron chi connectivity index (χ1n) is 6.03. The molecule has 0 saturated heterocycles. The maximum atomic E-state index is 11.1. The Labute approximate surface area is 115 Å². The van der Waals surface area contributed by atoms with Crippen molar-refractivity contribution in [3.8, 4) is 17.2 Å². The second-order valence-corrected chi connectivity index (χ2v) is 4.47. The van der Waals surface area contributed by atoms with Crippen LogP contribution in [0.5, 0.6) is 17.2 Å². The van der Waals surface area contributed by atoms with E-state index in [9.17, 15) is 20.1 Å². The molecule has 0 radical (unpaired) electrons. The van der Waals surface area contributed by atoms with E-state index < -0.39 is 5.97 Å². The van der Waals surface area contributed by atoms with Gasteiger partial charge in [0.1, 0.15) is 22.8 Å². The highest BCUT2D eigenvalue weighted by molar-refractivity contribution is 5.92. The van der Waals surface area contributed by atoms with Gasteiger partial charge in [0.05, 0.1) is 0 Å². The van der Waals surface area contributed by atoms with E-state index in [4.69, 9.17) is 5.11 Å². The molecular formula is C15H14O5. The lowest BCUT2D eigenvalue weighted by Crippen LogP contribution is -2.04. The standard InChI is InChI=1S/C15H14O5/c16-11-6-9(7-12(17)8-11)4-5-10-2-1-3-13(18)14(10)15(19)20/h1-3,6-8,16-18H,4-5H2,(H,19,20).